The van der Waals surface area contributed by atoms with Gasteiger partial charge < -0.3 is 5.73 Å². The lowest BCUT2D eigenvalue weighted by Crippen LogP contribution is -2.01. The van der Waals surface area contributed by atoms with E-state index in [1.807, 2.05) is 0 Å². The van der Waals surface area contributed by atoms with Crippen molar-refractivity contribution in [2.24, 2.45) is 5.73 Å². The molecule has 0 bridgehead atoms. The molecule has 1 aromatic rings. The monoisotopic (exact) mass is 242 g/mol. The molecule has 0 spiro atoms. The molecular formula is C9H10N2O4S. The van der Waals surface area contributed by atoms with E-state index >= 15 is 0 Å². The van der Waals surface area contributed by atoms with E-state index in [0.29, 0.717) is 0 Å². The van der Waals surface area contributed by atoms with Crippen LogP contribution in [0.4, 0.5) is 5.69 Å². The van der Waals surface area contributed by atoms with E-state index in [0.717, 1.165) is 17.5 Å². The number of nitrogens with two attached hydrogens (primary N) is 1. The third-order valence-electron chi connectivity index (χ3n) is 1.72. The molecule has 0 saturated heterocycles. The second kappa shape index (κ2) is 4.31. The Morgan fingerprint density at radius 2 is 1.88 bits per heavy atom. The average Bonchev–Trinajstić information content (AvgIpc) is 2.16. The van der Waals surface area contributed by atoms with E-state index in [1.54, 1.807) is 0 Å². The van der Waals surface area contributed by atoms with E-state index in [-0.39, 0.29) is 16.3 Å². The Morgan fingerprint density at radius 1 is 1.38 bits per heavy atom. The number of non-ortho nitro benzene ring substituents is 1. The smallest absolute Gasteiger partial charge is 0.269 e. The van der Waals surface area contributed by atoms with Crippen LogP contribution in [-0.4, -0.2) is 13.3 Å². The molecular weight excluding hydrogens is 232 g/mol. The summed E-state index contributed by atoms with van der Waals surface area (Å²) in [5.74, 6) is 0. The molecule has 6 nitrogen and oxygen atoms in total. The number of nitro benzene ring substituents is 1. The first kappa shape index (κ1) is 12.2. The predicted molar refractivity (Wildman–Crippen MR) is 58.2 cm³/mol. The SMILES string of the molecule is C/C(N)=C/S(=O)(=O)c1ccc([N+](=O)[O-])cc1. The second-order valence-electron chi connectivity index (χ2n) is 3.16. The minimum Gasteiger partial charge on any atom is -0.402 e. The van der Waals surface area contributed by atoms with Crippen LogP contribution in [0.15, 0.2) is 40.3 Å². The maximum Gasteiger partial charge on any atom is 0.269 e. The third kappa shape index (κ3) is 2.80. The summed E-state index contributed by atoms with van der Waals surface area (Å²) in [5.41, 5.74) is 5.26. The molecule has 0 amide bonds. The summed E-state index contributed by atoms with van der Waals surface area (Å²) in [6.07, 6.45) is 0. The first-order chi connectivity index (χ1) is 7.33. The van der Waals surface area contributed by atoms with E-state index in [2.05, 4.69) is 0 Å². The third-order valence-corrected chi connectivity index (χ3v) is 3.33. The molecule has 86 valence electrons. The van der Waals surface area contributed by atoms with Crippen LogP contribution in [0, 0.1) is 10.1 Å². The van der Waals surface area contributed by atoms with Gasteiger partial charge in [-0.1, -0.05) is 0 Å². The summed E-state index contributed by atoms with van der Waals surface area (Å²) in [4.78, 5) is 9.74. The van der Waals surface area contributed by atoms with E-state index in [9.17, 15) is 18.5 Å². The van der Waals surface area contributed by atoms with Crippen LogP contribution in [0.3, 0.4) is 0 Å². The molecule has 0 fully saturated rings. The Hall–Kier alpha value is -1.89. The molecule has 1 aromatic carbocycles. The zero-order valence-corrected chi connectivity index (χ0v) is 9.27. The number of benzene rings is 1. The van der Waals surface area contributed by atoms with Gasteiger partial charge in [0.2, 0.25) is 9.84 Å². The van der Waals surface area contributed by atoms with Gasteiger partial charge in [-0.05, 0) is 19.1 Å². The molecule has 0 atom stereocenters. The molecule has 2 N–H and O–H groups in total. The fourth-order valence-electron chi connectivity index (χ4n) is 1.07. The van der Waals surface area contributed by atoms with Crippen LogP contribution < -0.4 is 5.73 Å². The van der Waals surface area contributed by atoms with E-state index < -0.39 is 14.8 Å². The molecule has 0 aliphatic rings. The lowest BCUT2D eigenvalue weighted by Gasteiger charge is -1.99. The van der Waals surface area contributed by atoms with Crippen molar-refractivity contribution in [3.05, 3.63) is 45.5 Å². The lowest BCUT2D eigenvalue weighted by atomic mass is 10.3. The van der Waals surface area contributed by atoms with Crippen LogP contribution >= 0.6 is 0 Å². The van der Waals surface area contributed by atoms with Gasteiger partial charge in [-0.2, -0.15) is 0 Å². The van der Waals surface area contributed by atoms with Crippen molar-refractivity contribution in [3.8, 4) is 0 Å². The highest BCUT2D eigenvalue weighted by Gasteiger charge is 2.13. The van der Waals surface area contributed by atoms with Gasteiger partial charge >= 0.3 is 0 Å². The summed E-state index contributed by atoms with van der Waals surface area (Å²) < 4.78 is 23.2. The van der Waals surface area contributed by atoms with E-state index in [1.165, 1.54) is 19.1 Å². The van der Waals surface area contributed by atoms with Gasteiger partial charge in [0.15, 0.2) is 0 Å². The summed E-state index contributed by atoms with van der Waals surface area (Å²) in [6.45, 7) is 1.45. The molecule has 0 heterocycles. The van der Waals surface area contributed by atoms with Gasteiger partial charge in [-0.3, -0.25) is 10.1 Å². The second-order valence-corrected chi connectivity index (χ2v) is 4.96. The molecule has 0 aliphatic heterocycles. The number of nitrogens with zero attached hydrogens (tertiary/aromatic N) is 1. The Kier molecular flexibility index (Phi) is 3.28. The molecule has 7 heteroatoms. The quantitative estimate of drug-likeness (QED) is 0.633. The van der Waals surface area contributed by atoms with Gasteiger partial charge in [-0.15, -0.1) is 0 Å². The van der Waals surface area contributed by atoms with Gasteiger partial charge in [0, 0.05) is 17.8 Å². The number of nitro groups is 1. The van der Waals surface area contributed by atoms with Gasteiger partial charge in [0.05, 0.1) is 15.2 Å². The summed E-state index contributed by atoms with van der Waals surface area (Å²) in [6, 6.07) is 4.61. The molecule has 0 saturated carbocycles. The van der Waals surface area contributed by atoms with Gasteiger partial charge in [0.1, 0.15) is 0 Å². The molecule has 0 aliphatic carbocycles. The first-order valence-corrected chi connectivity index (χ1v) is 5.81. The minimum atomic E-state index is -3.61. The topological polar surface area (TPSA) is 103 Å². The van der Waals surface area contributed by atoms with Crippen LogP contribution in [0.5, 0.6) is 0 Å². The summed E-state index contributed by atoms with van der Waals surface area (Å²) in [7, 11) is -3.61. The van der Waals surface area contributed by atoms with Crippen molar-refractivity contribution >= 4 is 15.5 Å². The van der Waals surface area contributed by atoms with Crippen molar-refractivity contribution in [3.63, 3.8) is 0 Å². The van der Waals surface area contributed by atoms with Crippen LogP contribution in [0.1, 0.15) is 6.92 Å². The van der Waals surface area contributed by atoms with E-state index in [4.69, 9.17) is 5.73 Å². The normalized spacial score (nSPS) is 12.4. The predicted octanol–water partition coefficient (Wildman–Crippen LogP) is 1.19. The lowest BCUT2D eigenvalue weighted by molar-refractivity contribution is -0.384. The first-order valence-electron chi connectivity index (χ1n) is 4.26. The highest BCUT2D eigenvalue weighted by Crippen LogP contribution is 2.17. The summed E-state index contributed by atoms with van der Waals surface area (Å²) >= 11 is 0. The number of hydrogen-bond donors (Lipinski definition) is 1. The fourth-order valence-corrected chi connectivity index (χ4v) is 2.21. The van der Waals surface area contributed by atoms with Crippen LogP contribution in [0.25, 0.3) is 0 Å². The zero-order chi connectivity index (χ0) is 12.3. The maximum absolute atomic E-state index is 11.6. The molecule has 0 aromatic heterocycles. The van der Waals surface area contributed by atoms with Crippen molar-refractivity contribution in [1.29, 1.82) is 0 Å². The maximum atomic E-state index is 11.6. The molecule has 16 heavy (non-hydrogen) atoms. The van der Waals surface area contributed by atoms with Crippen molar-refractivity contribution in [1.82, 2.24) is 0 Å². The Bertz CT molecular complexity index is 527. The zero-order valence-electron chi connectivity index (χ0n) is 8.45. The standard InChI is InChI=1S/C9H10N2O4S/c1-7(10)6-16(14,15)9-4-2-8(3-5-9)11(12)13/h2-6H,10H2,1H3/b7-6-. The number of sulfone groups is 1. The highest BCUT2D eigenvalue weighted by molar-refractivity contribution is 7.94. The van der Waals surface area contributed by atoms with Crippen molar-refractivity contribution in [2.45, 2.75) is 11.8 Å². The average molecular weight is 242 g/mol. The minimum absolute atomic E-state index is 0.0251. The van der Waals surface area contributed by atoms with Crippen molar-refractivity contribution in [2.75, 3.05) is 0 Å². The Balaban J connectivity index is 3.17. The largest absolute Gasteiger partial charge is 0.402 e. The molecule has 1 rings (SSSR count). The highest BCUT2D eigenvalue weighted by atomic mass is 32.2. The Morgan fingerprint density at radius 3 is 2.25 bits per heavy atom. The van der Waals surface area contributed by atoms with Crippen LogP contribution in [-0.2, 0) is 9.84 Å². The number of rotatable bonds is 3. The Labute approximate surface area is 92.5 Å². The molecule has 0 unspecified atom stereocenters. The van der Waals surface area contributed by atoms with Gasteiger partial charge in [-0.25, -0.2) is 8.42 Å². The molecule has 0 radical (unpaired) electrons. The van der Waals surface area contributed by atoms with Gasteiger partial charge in [0.25, 0.3) is 5.69 Å². The number of allylic oxidation sites excluding steroid dienone is 1. The van der Waals surface area contributed by atoms with Crippen molar-refractivity contribution < 1.29 is 13.3 Å². The summed E-state index contributed by atoms with van der Waals surface area (Å²) in [5, 5.41) is 11.3. The number of hydrogen-bond acceptors (Lipinski definition) is 5. The van der Waals surface area contributed by atoms with Crippen LogP contribution in [0.2, 0.25) is 0 Å². The fraction of sp³-hybridized carbons (Fsp3) is 0.111.